The van der Waals surface area contributed by atoms with E-state index in [1.165, 1.54) is 0 Å². The van der Waals surface area contributed by atoms with Crippen molar-refractivity contribution in [3.05, 3.63) is 18.2 Å². The van der Waals surface area contributed by atoms with Crippen LogP contribution in [-0.4, -0.2) is 22.0 Å². The lowest BCUT2D eigenvalue weighted by molar-refractivity contribution is -0.124. The molecule has 1 atom stereocenters. The molecule has 1 amide bonds. The highest BCUT2D eigenvalue weighted by atomic mass is 16.1. The molecule has 5 heteroatoms. The van der Waals surface area contributed by atoms with Crippen LogP contribution in [0.25, 0.3) is 0 Å². The molecule has 0 radical (unpaired) electrons. The van der Waals surface area contributed by atoms with E-state index < -0.39 is 0 Å². The first kappa shape index (κ1) is 11.7. The van der Waals surface area contributed by atoms with Crippen molar-refractivity contribution >= 4 is 5.91 Å². The van der Waals surface area contributed by atoms with Gasteiger partial charge in [-0.2, -0.15) is 0 Å². The van der Waals surface area contributed by atoms with Crippen LogP contribution in [0, 0.1) is 5.92 Å². The summed E-state index contributed by atoms with van der Waals surface area (Å²) in [7, 11) is 1.90. The molecule has 0 aromatic carbocycles. The Balaban J connectivity index is 2.37. The molecule has 84 valence electrons. The molecule has 0 saturated heterocycles. The molecule has 0 saturated carbocycles. The molecule has 0 spiro atoms. The van der Waals surface area contributed by atoms with Crippen LogP contribution in [0.4, 0.5) is 0 Å². The molecule has 5 nitrogen and oxygen atoms in total. The van der Waals surface area contributed by atoms with Gasteiger partial charge in [0.25, 0.3) is 0 Å². The van der Waals surface area contributed by atoms with Crippen LogP contribution in [0.3, 0.4) is 0 Å². The topological polar surface area (TPSA) is 72.9 Å². The van der Waals surface area contributed by atoms with Crippen LogP contribution in [0.15, 0.2) is 12.4 Å². The zero-order valence-electron chi connectivity index (χ0n) is 9.23. The van der Waals surface area contributed by atoms with Crippen molar-refractivity contribution in [2.24, 2.45) is 18.7 Å². The minimum absolute atomic E-state index is 0.0310. The van der Waals surface area contributed by atoms with E-state index in [0.29, 0.717) is 19.5 Å². The Morgan fingerprint density at radius 3 is 3.00 bits per heavy atom. The number of rotatable bonds is 5. The van der Waals surface area contributed by atoms with E-state index in [1.807, 2.05) is 24.7 Å². The van der Waals surface area contributed by atoms with Crippen molar-refractivity contribution in [2.75, 3.05) is 6.54 Å². The summed E-state index contributed by atoms with van der Waals surface area (Å²) in [6, 6.07) is 0. The maximum Gasteiger partial charge on any atom is 0.223 e. The van der Waals surface area contributed by atoms with Crippen LogP contribution >= 0.6 is 0 Å². The van der Waals surface area contributed by atoms with Crippen LogP contribution < -0.4 is 11.1 Å². The second-order valence-electron chi connectivity index (χ2n) is 3.65. The number of hydrogen-bond donors (Lipinski definition) is 2. The van der Waals surface area contributed by atoms with Crippen molar-refractivity contribution in [3.8, 4) is 0 Å². The van der Waals surface area contributed by atoms with Gasteiger partial charge in [0.1, 0.15) is 5.82 Å². The molecular formula is C10H18N4O. The van der Waals surface area contributed by atoms with E-state index in [4.69, 9.17) is 5.73 Å². The van der Waals surface area contributed by atoms with Crippen LogP contribution in [-0.2, 0) is 18.4 Å². The molecule has 1 aromatic rings. The predicted molar refractivity (Wildman–Crippen MR) is 57.9 cm³/mol. The fraction of sp³-hybridized carbons (Fsp3) is 0.600. The highest BCUT2D eigenvalue weighted by molar-refractivity contribution is 5.78. The Bertz CT molecular complexity index is 321. The molecular weight excluding hydrogens is 192 g/mol. The van der Waals surface area contributed by atoms with Crippen molar-refractivity contribution in [1.29, 1.82) is 0 Å². The quantitative estimate of drug-likeness (QED) is 0.719. The minimum Gasteiger partial charge on any atom is -0.349 e. The van der Waals surface area contributed by atoms with E-state index in [2.05, 4.69) is 10.3 Å². The van der Waals surface area contributed by atoms with Crippen LogP contribution in [0.2, 0.25) is 0 Å². The largest absolute Gasteiger partial charge is 0.349 e. The number of imidazole rings is 1. The van der Waals surface area contributed by atoms with Gasteiger partial charge in [0.15, 0.2) is 0 Å². The fourth-order valence-corrected chi connectivity index (χ4v) is 1.29. The summed E-state index contributed by atoms with van der Waals surface area (Å²) in [5, 5.41) is 2.83. The number of carbonyl (C=O) groups excluding carboxylic acids is 1. The zero-order valence-corrected chi connectivity index (χ0v) is 9.23. The number of nitrogens with one attached hydrogen (secondary N) is 1. The second kappa shape index (κ2) is 5.50. The van der Waals surface area contributed by atoms with Crippen LogP contribution in [0.1, 0.15) is 19.2 Å². The van der Waals surface area contributed by atoms with E-state index in [-0.39, 0.29) is 11.8 Å². The fourth-order valence-electron chi connectivity index (χ4n) is 1.29. The van der Waals surface area contributed by atoms with Gasteiger partial charge in [-0.1, -0.05) is 6.92 Å². The normalized spacial score (nSPS) is 12.5. The maximum absolute atomic E-state index is 11.5. The van der Waals surface area contributed by atoms with Gasteiger partial charge in [-0.15, -0.1) is 0 Å². The number of nitrogens with two attached hydrogens (primary N) is 1. The highest BCUT2D eigenvalue weighted by Gasteiger charge is 2.11. The van der Waals surface area contributed by atoms with Crippen molar-refractivity contribution in [2.45, 2.75) is 19.9 Å². The van der Waals surface area contributed by atoms with E-state index >= 15 is 0 Å². The molecule has 1 aromatic heterocycles. The first-order valence-electron chi connectivity index (χ1n) is 5.09. The number of aromatic nitrogens is 2. The van der Waals surface area contributed by atoms with Gasteiger partial charge in [0.05, 0.1) is 6.54 Å². The van der Waals surface area contributed by atoms with Gasteiger partial charge in [0.2, 0.25) is 5.91 Å². The molecule has 3 N–H and O–H groups in total. The molecule has 0 aliphatic heterocycles. The Labute approximate surface area is 89.7 Å². The third kappa shape index (κ3) is 3.36. The average Bonchev–Trinajstić information content (AvgIpc) is 2.61. The standard InChI is InChI=1S/C10H18N4O/c1-8(3-4-11)10(15)13-7-9-12-5-6-14(9)2/h5-6,8H,3-4,7,11H2,1-2H3,(H,13,15). The zero-order chi connectivity index (χ0) is 11.3. The summed E-state index contributed by atoms with van der Waals surface area (Å²) >= 11 is 0. The predicted octanol–water partition coefficient (Wildman–Crippen LogP) is 0.0212. The van der Waals surface area contributed by atoms with Gasteiger partial charge >= 0.3 is 0 Å². The smallest absolute Gasteiger partial charge is 0.223 e. The Hall–Kier alpha value is -1.36. The summed E-state index contributed by atoms with van der Waals surface area (Å²) in [6.07, 6.45) is 4.28. The van der Waals surface area contributed by atoms with Gasteiger partial charge in [-0.05, 0) is 13.0 Å². The van der Waals surface area contributed by atoms with Crippen molar-refractivity contribution in [3.63, 3.8) is 0 Å². The number of carbonyl (C=O) groups is 1. The Kier molecular flexibility index (Phi) is 4.30. The molecule has 1 heterocycles. The SMILES string of the molecule is CC(CCN)C(=O)NCc1nccn1C. The third-order valence-electron chi connectivity index (χ3n) is 2.39. The summed E-state index contributed by atoms with van der Waals surface area (Å²) in [4.78, 5) is 15.7. The Morgan fingerprint density at radius 2 is 2.47 bits per heavy atom. The van der Waals surface area contributed by atoms with E-state index in [1.54, 1.807) is 6.20 Å². The molecule has 0 fully saturated rings. The van der Waals surface area contributed by atoms with Crippen LogP contribution in [0.5, 0.6) is 0 Å². The van der Waals surface area contributed by atoms with Gasteiger partial charge in [0, 0.05) is 25.4 Å². The number of amides is 1. The number of nitrogens with zero attached hydrogens (tertiary/aromatic N) is 2. The highest BCUT2D eigenvalue weighted by Crippen LogP contribution is 2.00. The second-order valence-corrected chi connectivity index (χ2v) is 3.65. The van der Waals surface area contributed by atoms with Gasteiger partial charge in [-0.25, -0.2) is 4.98 Å². The lowest BCUT2D eigenvalue weighted by atomic mass is 10.1. The summed E-state index contributed by atoms with van der Waals surface area (Å²) < 4.78 is 1.88. The third-order valence-corrected chi connectivity index (χ3v) is 2.39. The average molecular weight is 210 g/mol. The molecule has 1 unspecified atom stereocenters. The van der Waals surface area contributed by atoms with E-state index in [0.717, 1.165) is 5.82 Å². The van der Waals surface area contributed by atoms with Crippen molar-refractivity contribution in [1.82, 2.24) is 14.9 Å². The van der Waals surface area contributed by atoms with Gasteiger partial charge < -0.3 is 15.6 Å². The summed E-state index contributed by atoms with van der Waals surface area (Å²) in [5.41, 5.74) is 5.39. The lowest BCUT2D eigenvalue weighted by Crippen LogP contribution is -2.30. The molecule has 0 aliphatic carbocycles. The molecule has 0 bridgehead atoms. The first-order valence-corrected chi connectivity index (χ1v) is 5.09. The molecule has 15 heavy (non-hydrogen) atoms. The van der Waals surface area contributed by atoms with Crippen molar-refractivity contribution < 1.29 is 4.79 Å². The monoisotopic (exact) mass is 210 g/mol. The first-order chi connectivity index (χ1) is 7.15. The maximum atomic E-state index is 11.5. The summed E-state index contributed by atoms with van der Waals surface area (Å²) in [6.45, 7) is 2.88. The number of aryl methyl sites for hydroxylation is 1. The number of hydrogen-bond acceptors (Lipinski definition) is 3. The Morgan fingerprint density at radius 1 is 1.73 bits per heavy atom. The van der Waals surface area contributed by atoms with Gasteiger partial charge in [-0.3, -0.25) is 4.79 Å². The minimum atomic E-state index is -0.0322. The molecule has 1 rings (SSSR count). The summed E-state index contributed by atoms with van der Waals surface area (Å²) in [5.74, 6) is 0.849. The molecule has 0 aliphatic rings. The van der Waals surface area contributed by atoms with E-state index in [9.17, 15) is 4.79 Å². The lowest BCUT2D eigenvalue weighted by Gasteiger charge is -2.10.